The second-order valence-corrected chi connectivity index (χ2v) is 4.75. The summed E-state index contributed by atoms with van der Waals surface area (Å²) in [7, 11) is 0. The van der Waals surface area contributed by atoms with Crippen molar-refractivity contribution in [1.82, 2.24) is 14.8 Å². The van der Waals surface area contributed by atoms with E-state index in [2.05, 4.69) is 10.1 Å². The van der Waals surface area contributed by atoms with Crippen LogP contribution < -0.4 is 4.90 Å². The summed E-state index contributed by atoms with van der Waals surface area (Å²) in [6, 6.07) is 3.65. The lowest BCUT2D eigenvalue weighted by Gasteiger charge is -2.24. The lowest BCUT2D eigenvalue weighted by atomic mass is 10.1. The van der Waals surface area contributed by atoms with Crippen LogP contribution >= 0.6 is 11.6 Å². The van der Waals surface area contributed by atoms with Gasteiger partial charge in [0, 0.05) is 17.6 Å². The average Bonchev–Trinajstić information content (AvgIpc) is 2.87. The molecule has 1 aromatic heterocycles. The molecule has 0 bridgehead atoms. The number of carbonyl (C=O) groups excluding carboxylic acids is 1. The molecular weight excluding hydrogens is 264 g/mol. The van der Waals surface area contributed by atoms with Crippen molar-refractivity contribution in [3.05, 3.63) is 40.9 Å². The zero-order valence-electron chi connectivity index (χ0n) is 11.1. The molecule has 0 aliphatic carbocycles. The second kappa shape index (κ2) is 5.40. The summed E-state index contributed by atoms with van der Waals surface area (Å²) in [4.78, 5) is 17.4. The normalized spacial score (nSPS) is 10.5. The number of benzene rings is 1. The number of amides is 1. The molecule has 0 spiro atoms. The van der Waals surface area contributed by atoms with Gasteiger partial charge in [0.1, 0.15) is 19.3 Å². The molecule has 5 nitrogen and oxygen atoms in total. The van der Waals surface area contributed by atoms with E-state index in [1.165, 1.54) is 13.3 Å². The summed E-state index contributed by atoms with van der Waals surface area (Å²) in [6.45, 7) is 5.75. The summed E-state index contributed by atoms with van der Waals surface area (Å²) in [5.41, 5.74) is 2.80. The lowest BCUT2D eigenvalue weighted by molar-refractivity contribution is -0.117. The molecule has 0 saturated heterocycles. The van der Waals surface area contributed by atoms with E-state index >= 15 is 0 Å². The number of halogens is 1. The van der Waals surface area contributed by atoms with E-state index in [-0.39, 0.29) is 5.91 Å². The highest BCUT2D eigenvalue weighted by molar-refractivity contribution is 6.31. The molecule has 0 saturated carbocycles. The molecule has 1 aromatic carbocycles. The summed E-state index contributed by atoms with van der Waals surface area (Å²) in [5, 5.41) is 4.72. The Morgan fingerprint density at radius 3 is 2.68 bits per heavy atom. The summed E-state index contributed by atoms with van der Waals surface area (Å²) < 4.78 is 1.60. The molecule has 2 rings (SSSR count). The molecule has 0 aliphatic heterocycles. The maximum atomic E-state index is 11.9. The van der Waals surface area contributed by atoms with E-state index in [1.54, 1.807) is 22.0 Å². The van der Waals surface area contributed by atoms with E-state index < -0.39 is 0 Å². The minimum atomic E-state index is -0.0553. The Hall–Kier alpha value is -1.88. The van der Waals surface area contributed by atoms with Gasteiger partial charge < -0.3 is 0 Å². The Balaban J connectivity index is 2.40. The van der Waals surface area contributed by atoms with E-state index in [0.29, 0.717) is 11.7 Å². The Bertz CT molecular complexity index is 595. The van der Waals surface area contributed by atoms with Crippen LogP contribution in [0.5, 0.6) is 0 Å². The van der Waals surface area contributed by atoms with Crippen LogP contribution in [0.15, 0.2) is 24.8 Å². The number of hydrogen-bond donors (Lipinski definition) is 0. The van der Waals surface area contributed by atoms with Crippen LogP contribution in [0.1, 0.15) is 18.1 Å². The van der Waals surface area contributed by atoms with Gasteiger partial charge in [0.25, 0.3) is 0 Å². The Morgan fingerprint density at radius 1 is 1.37 bits per heavy atom. The summed E-state index contributed by atoms with van der Waals surface area (Å²) >= 11 is 6.08. The number of rotatable bonds is 3. The summed E-state index contributed by atoms with van der Waals surface area (Å²) in [5.74, 6) is -0.0553. The maximum absolute atomic E-state index is 11.9. The number of hydrogen-bond acceptors (Lipinski definition) is 3. The number of nitrogens with zero attached hydrogens (tertiary/aromatic N) is 4. The second-order valence-electron chi connectivity index (χ2n) is 4.34. The minimum absolute atomic E-state index is 0.0553. The molecule has 0 aliphatic rings. The SMILES string of the molecule is CC(=O)N(Cn1cncn1)c1ccc(Cl)c(C)c1C. The van der Waals surface area contributed by atoms with Crippen molar-refractivity contribution in [1.29, 1.82) is 0 Å². The van der Waals surface area contributed by atoms with Crippen LogP contribution in [-0.2, 0) is 11.5 Å². The quantitative estimate of drug-likeness (QED) is 0.867. The average molecular weight is 279 g/mol. The minimum Gasteiger partial charge on any atom is -0.292 e. The van der Waals surface area contributed by atoms with Crippen molar-refractivity contribution < 1.29 is 4.79 Å². The molecule has 0 fully saturated rings. The maximum Gasteiger partial charge on any atom is 0.225 e. The number of aromatic nitrogens is 3. The molecule has 0 radical (unpaired) electrons. The molecule has 1 amide bonds. The first-order chi connectivity index (χ1) is 9.00. The highest BCUT2D eigenvalue weighted by atomic mass is 35.5. The van der Waals surface area contributed by atoms with Crippen molar-refractivity contribution >= 4 is 23.2 Å². The van der Waals surface area contributed by atoms with Crippen LogP contribution in [0.3, 0.4) is 0 Å². The third kappa shape index (κ3) is 2.76. The zero-order chi connectivity index (χ0) is 14.0. The Kier molecular flexibility index (Phi) is 3.85. The van der Waals surface area contributed by atoms with E-state index in [0.717, 1.165) is 16.8 Å². The van der Waals surface area contributed by atoms with Gasteiger partial charge in [0.05, 0.1) is 0 Å². The van der Waals surface area contributed by atoms with Crippen molar-refractivity contribution in [2.75, 3.05) is 4.90 Å². The van der Waals surface area contributed by atoms with Crippen molar-refractivity contribution in [2.24, 2.45) is 0 Å². The highest BCUT2D eigenvalue weighted by Crippen LogP contribution is 2.28. The molecule has 6 heteroatoms. The standard InChI is InChI=1S/C13H15ClN4O/c1-9-10(2)13(5-4-12(9)14)18(11(3)19)8-17-7-15-6-16-17/h4-7H,8H2,1-3H3. The molecule has 0 unspecified atom stereocenters. The lowest BCUT2D eigenvalue weighted by Crippen LogP contribution is -2.31. The molecule has 0 N–H and O–H groups in total. The molecule has 100 valence electrons. The van der Waals surface area contributed by atoms with Gasteiger partial charge in [-0.05, 0) is 37.1 Å². The van der Waals surface area contributed by atoms with Gasteiger partial charge in [0.15, 0.2) is 0 Å². The van der Waals surface area contributed by atoms with Crippen LogP contribution in [-0.4, -0.2) is 20.7 Å². The first-order valence-electron chi connectivity index (χ1n) is 5.87. The van der Waals surface area contributed by atoms with Gasteiger partial charge in [-0.2, -0.15) is 5.10 Å². The smallest absolute Gasteiger partial charge is 0.225 e. The van der Waals surface area contributed by atoms with Gasteiger partial charge in [-0.3, -0.25) is 9.69 Å². The molecule has 19 heavy (non-hydrogen) atoms. The Morgan fingerprint density at radius 2 is 2.11 bits per heavy atom. The van der Waals surface area contributed by atoms with Crippen LogP contribution in [0, 0.1) is 13.8 Å². The third-order valence-corrected chi connectivity index (χ3v) is 3.53. The van der Waals surface area contributed by atoms with Crippen LogP contribution in [0.2, 0.25) is 5.02 Å². The van der Waals surface area contributed by atoms with Gasteiger partial charge in [-0.1, -0.05) is 11.6 Å². The van der Waals surface area contributed by atoms with E-state index in [1.807, 2.05) is 19.9 Å². The van der Waals surface area contributed by atoms with Crippen molar-refractivity contribution in [3.63, 3.8) is 0 Å². The monoisotopic (exact) mass is 278 g/mol. The van der Waals surface area contributed by atoms with Crippen molar-refractivity contribution in [3.8, 4) is 0 Å². The van der Waals surface area contributed by atoms with E-state index in [4.69, 9.17) is 11.6 Å². The van der Waals surface area contributed by atoms with E-state index in [9.17, 15) is 4.79 Å². The molecular formula is C13H15ClN4O. The molecule has 2 aromatic rings. The fraction of sp³-hybridized carbons (Fsp3) is 0.308. The Labute approximate surface area is 116 Å². The van der Waals surface area contributed by atoms with Crippen LogP contribution in [0.25, 0.3) is 0 Å². The van der Waals surface area contributed by atoms with Gasteiger partial charge in [-0.15, -0.1) is 0 Å². The zero-order valence-corrected chi connectivity index (χ0v) is 11.8. The summed E-state index contributed by atoms with van der Waals surface area (Å²) in [6.07, 6.45) is 3.02. The predicted molar refractivity (Wildman–Crippen MR) is 74.1 cm³/mol. The largest absolute Gasteiger partial charge is 0.292 e. The first-order valence-corrected chi connectivity index (χ1v) is 6.24. The van der Waals surface area contributed by atoms with Gasteiger partial charge in [-0.25, -0.2) is 9.67 Å². The fourth-order valence-corrected chi connectivity index (χ4v) is 2.07. The topological polar surface area (TPSA) is 51.0 Å². The predicted octanol–water partition coefficient (Wildman–Crippen LogP) is 2.56. The van der Waals surface area contributed by atoms with Gasteiger partial charge in [0.2, 0.25) is 5.91 Å². The molecule has 0 atom stereocenters. The highest BCUT2D eigenvalue weighted by Gasteiger charge is 2.16. The van der Waals surface area contributed by atoms with Crippen LogP contribution in [0.4, 0.5) is 5.69 Å². The first kappa shape index (κ1) is 13.5. The third-order valence-electron chi connectivity index (χ3n) is 3.12. The number of anilines is 1. The fourth-order valence-electron chi connectivity index (χ4n) is 1.86. The number of carbonyl (C=O) groups is 1. The molecule has 1 heterocycles. The van der Waals surface area contributed by atoms with Gasteiger partial charge >= 0.3 is 0 Å². The van der Waals surface area contributed by atoms with Crippen molar-refractivity contribution in [2.45, 2.75) is 27.4 Å².